The van der Waals surface area contributed by atoms with Crippen molar-refractivity contribution in [2.75, 3.05) is 0 Å². The average molecular weight is 958 g/mol. The van der Waals surface area contributed by atoms with Crippen LogP contribution in [-0.4, -0.2) is 24.1 Å². The summed E-state index contributed by atoms with van der Waals surface area (Å²) in [6.45, 7) is 2.19. The molecule has 5 heteroatoms. The Hall–Kier alpha value is -9.97. The fraction of sp³-hybridized carbons (Fsp3) is 0.0143. The van der Waals surface area contributed by atoms with E-state index in [-0.39, 0.29) is 0 Å². The van der Waals surface area contributed by atoms with Gasteiger partial charge in [-0.3, -0.25) is 0 Å². The molecular weight excluding hydrogens is 911 g/mol. The van der Waals surface area contributed by atoms with E-state index < -0.39 is 0 Å². The molecule has 11 aromatic carbocycles. The molecule has 352 valence electrons. The maximum atomic E-state index is 5.38. The molecule has 14 aromatic rings. The molecule has 0 unspecified atom stereocenters. The predicted octanol–water partition coefficient (Wildman–Crippen LogP) is 18.0. The minimum absolute atomic E-state index is 0.587. The van der Waals surface area contributed by atoms with E-state index in [1.165, 1.54) is 38.1 Å². The molecule has 0 spiro atoms. The van der Waals surface area contributed by atoms with Crippen molar-refractivity contribution in [3.05, 3.63) is 272 Å². The van der Waals surface area contributed by atoms with Crippen molar-refractivity contribution in [3.63, 3.8) is 0 Å². The van der Waals surface area contributed by atoms with Gasteiger partial charge in [-0.15, -0.1) is 0 Å². The molecule has 0 radical (unpaired) electrons. The lowest BCUT2D eigenvalue weighted by atomic mass is 9.92. The largest absolute Gasteiger partial charge is 0.309 e. The Kier molecular flexibility index (Phi) is 10.7. The zero-order chi connectivity index (χ0) is 49.8. The third-order valence-corrected chi connectivity index (χ3v) is 14.6. The van der Waals surface area contributed by atoms with Crippen LogP contribution in [0.25, 0.3) is 134 Å². The van der Waals surface area contributed by atoms with Crippen molar-refractivity contribution in [2.24, 2.45) is 0 Å². The monoisotopic (exact) mass is 957 g/mol. The Morgan fingerprint density at radius 2 is 0.613 bits per heavy atom. The SMILES string of the molecule is Cc1ccc2c(c1)c1cc(-n3c4ccccc4c4ccccc43)ccc1n2-c1c(-c2ccccc2)cc(-c2nc(-c3ccc(-c4ccccc4)cc3)nc(-c3ccc(-c4ccccc4)cc3)n2)cc1-c1ccccc1. The van der Waals surface area contributed by atoms with Crippen LogP contribution in [0.15, 0.2) is 267 Å². The van der Waals surface area contributed by atoms with E-state index in [1.807, 2.05) is 12.1 Å². The molecule has 0 aliphatic carbocycles. The van der Waals surface area contributed by atoms with Gasteiger partial charge < -0.3 is 9.13 Å². The van der Waals surface area contributed by atoms with Crippen molar-refractivity contribution < 1.29 is 0 Å². The molecule has 0 atom stereocenters. The fourth-order valence-corrected chi connectivity index (χ4v) is 11.0. The second kappa shape index (κ2) is 18.3. The van der Waals surface area contributed by atoms with Gasteiger partial charge in [0.25, 0.3) is 0 Å². The van der Waals surface area contributed by atoms with Crippen molar-refractivity contribution >= 4 is 43.6 Å². The topological polar surface area (TPSA) is 48.5 Å². The third-order valence-electron chi connectivity index (χ3n) is 14.6. The van der Waals surface area contributed by atoms with E-state index in [0.717, 1.165) is 83.6 Å². The van der Waals surface area contributed by atoms with Gasteiger partial charge in [0.05, 0.1) is 27.8 Å². The lowest BCUT2D eigenvalue weighted by Crippen LogP contribution is -2.04. The first kappa shape index (κ1) is 43.8. The van der Waals surface area contributed by atoms with Crippen LogP contribution in [0.4, 0.5) is 0 Å². The maximum Gasteiger partial charge on any atom is 0.164 e. The van der Waals surface area contributed by atoms with Crippen LogP contribution in [0.2, 0.25) is 0 Å². The first-order valence-corrected chi connectivity index (χ1v) is 25.5. The quantitative estimate of drug-likeness (QED) is 0.145. The molecule has 14 rings (SSSR count). The molecule has 3 heterocycles. The molecular formula is C70H47N5. The first-order chi connectivity index (χ1) is 37.1. The summed E-state index contributed by atoms with van der Waals surface area (Å²) < 4.78 is 4.90. The van der Waals surface area contributed by atoms with Gasteiger partial charge in [0.2, 0.25) is 0 Å². The Morgan fingerprint density at radius 1 is 0.253 bits per heavy atom. The summed E-state index contributed by atoms with van der Waals surface area (Å²) in [6, 6.07) is 95.4. The number of aryl methyl sites for hydroxylation is 1. The van der Waals surface area contributed by atoms with Gasteiger partial charge >= 0.3 is 0 Å². The van der Waals surface area contributed by atoms with E-state index in [9.17, 15) is 0 Å². The van der Waals surface area contributed by atoms with Gasteiger partial charge in [-0.25, -0.2) is 15.0 Å². The van der Waals surface area contributed by atoms with E-state index >= 15 is 0 Å². The van der Waals surface area contributed by atoms with Crippen LogP contribution in [0.1, 0.15) is 5.56 Å². The number of fused-ring (bicyclic) bond motifs is 6. The fourth-order valence-electron chi connectivity index (χ4n) is 11.0. The highest BCUT2D eigenvalue weighted by atomic mass is 15.0. The number of para-hydroxylation sites is 2. The van der Waals surface area contributed by atoms with Crippen molar-refractivity contribution in [3.8, 4) is 90.0 Å². The first-order valence-electron chi connectivity index (χ1n) is 25.5. The highest BCUT2D eigenvalue weighted by Gasteiger charge is 2.24. The number of benzene rings is 11. The second-order valence-electron chi connectivity index (χ2n) is 19.3. The normalized spacial score (nSPS) is 11.5. The zero-order valence-electron chi connectivity index (χ0n) is 41.1. The average Bonchev–Trinajstić information content (AvgIpc) is 3.99. The molecule has 0 amide bonds. The Balaban J connectivity index is 1.01. The van der Waals surface area contributed by atoms with Crippen LogP contribution in [0, 0.1) is 6.92 Å². The number of aromatic nitrogens is 5. The Morgan fingerprint density at radius 3 is 1.09 bits per heavy atom. The summed E-state index contributed by atoms with van der Waals surface area (Å²) in [4.78, 5) is 16.0. The van der Waals surface area contributed by atoms with Crippen molar-refractivity contribution in [1.29, 1.82) is 0 Å². The van der Waals surface area contributed by atoms with Crippen LogP contribution in [0.5, 0.6) is 0 Å². The van der Waals surface area contributed by atoms with Crippen LogP contribution in [-0.2, 0) is 0 Å². The summed E-state index contributed by atoms with van der Waals surface area (Å²) in [7, 11) is 0. The second-order valence-corrected chi connectivity index (χ2v) is 19.3. The number of nitrogens with zero attached hydrogens (tertiary/aromatic N) is 5. The molecule has 75 heavy (non-hydrogen) atoms. The smallest absolute Gasteiger partial charge is 0.164 e. The van der Waals surface area contributed by atoms with E-state index in [1.54, 1.807) is 0 Å². The van der Waals surface area contributed by atoms with Gasteiger partial charge in [-0.2, -0.15) is 0 Å². The van der Waals surface area contributed by atoms with Crippen LogP contribution in [0.3, 0.4) is 0 Å². The molecule has 0 bridgehead atoms. The number of hydrogen-bond acceptors (Lipinski definition) is 3. The predicted molar refractivity (Wildman–Crippen MR) is 311 cm³/mol. The Labute approximate surface area is 435 Å². The third kappa shape index (κ3) is 7.77. The van der Waals surface area contributed by atoms with Crippen LogP contribution >= 0.6 is 0 Å². The summed E-state index contributed by atoms with van der Waals surface area (Å²) >= 11 is 0. The van der Waals surface area contributed by atoms with Gasteiger partial charge in [-0.1, -0.05) is 218 Å². The minimum atomic E-state index is 0.587. The molecule has 0 aliphatic rings. The molecule has 0 N–H and O–H groups in total. The lowest BCUT2D eigenvalue weighted by molar-refractivity contribution is 1.07. The zero-order valence-corrected chi connectivity index (χ0v) is 41.1. The summed E-state index contributed by atoms with van der Waals surface area (Å²) in [6.07, 6.45) is 0. The number of rotatable bonds is 9. The summed E-state index contributed by atoms with van der Waals surface area (Å²) in [5, 5.41) is 4.85. The number of hydrogen-bond donors (Lipinski definition) is 0. The molecule has 0 aliphatic heterocycles. The highest BCUT2D eigenvalue weighted by molar-refractivity contribution is 6.13. The van der Waals surface area contributed by atoms with Gasteiger partial charge in [0, 0.05) is 55.0 Å². The van der Waals surface area contributed by atoms with Gasteiger partial charge in [0.1, 0.15) is 0 Å². The summed E-state index contributed by atoms with van der Waals surface area (Å²) in [5.74, 6) is 1.79. The van der Waals surface area contributed by atoms with Crippen LogP contribution < -0.4 is 0 Å². The van der Waals surface area contributed by atoms with E-state index in [2.05, 4.69) is 271 Å². The van der Waals surface area contributed by atoms with E-state index in [4.69, 9.17) is 15.0 Å². The molecule has 5 nitrogen and oxygen atoms in total. The maximum absolute atomic E-state index is 5.38. The molecule has 3 aromatic heterocycles. The lowest BCUT2D eigenvalue weighted by Gasteiger charge is -2.21. The highest BCUT2D eigenvalue weighted by Crippen LogP contribution is 2.45. The van der Waals surface area contributed by atoms with E-state index in [0.29, 0.717) is 17.5 Å². The standard InChI is InChI=1S/C70H47N5/c1-46-30-40-65-61(42-46)62-45-56(74-63-28-16-14-26-57(63)58-27-15-17-29-64(58)74)39-41-66(62)75(65)67-59(51-22-10-4-11-23-51)43-55(44-60(67)52-24-12-5-13-25-52)70-72-68(53-35-31-49(32-36-53)47-18-6-2-7-19-47)71-69(73-70)54-37-33-50(34-38-54)48-20-8-3-9-21-48/h2-45H,1H3. The summed E-state index contributed by atoms with van der Waals surface area (Å²) in [5.41, 5.74) is 19.6. The van der Waals surface area contributed by atoms with Gasteiger partial charge in [-0.05, 0) is 94.9 Å². The van der Waals surface area contributed by atoms with Gasteiger partial charge in [0.15, 0.2) is 17.5 Å². The van der Waals surface area contributed by atoms with Crippen molar-refractivity contribution in [1.82, 2.24) is 24.1 Å². The minimum Gasteiger partial charge on any atom is -0.309 e. The Bertz CT molecular complexity index is 4210. The molecule has 0 saturated carbocycles. The molecule has 0 saturated heterocycles. The molecule has 0 fully saturated rings. The van der Waals surface area contributed by atoms with Crippen molar-refractivity contribution in [2.45, 2.75) is 6.92 Å².